The maximum absolute atomic E-state index is 12.2. The number of ether oxygens (including phenoxy) is 1. The molecule has 2 aromatic rings. The number of carbonyl (C=O) groups is 2. The van der Waals surface area contributed by atoms with Crippen molar-refractivity contribution in [1.82, 2.24) is 4.72 Å². The van der Waals surface area contributed by atoms with Gasteiger partial charge in [0, 0.05) is 17.7 Å². The molecule has 0 saturated heterocycles. The molecule has 0 amide bonds. The third-order valence-corrected chi connectivity index (χ3v) is 5.20. The Labute approximate surface area is 157 Å². The quantitative estimate of drug-likeness (QED) is 0.549. The Morgan fingerprint density at radius 1 is 1.11 bits per heavy atom. The lowest BCUT2D eigenvalue weighted by atomic mass is 10.1. The molecule has 0 spiro atoms. The fourth-order valence-electron chi connectivity index (χ4n) is 2.23. The normalized spacial score (nSPS) is 10.8. The van der Waals surface area contributed by atoms with Crippen LogP contribution >= 0.6 is 0 Å². The molecule has 2 rings (SSSR count). The molecular weight excluding hydrogens is 368 g/mol. The van der Waals surface area contributed by atoms with Gasteiger partial charge in [-0.1, -0.05) is 30.3 Å². The largest absolute Gasteiger partial charge is 0.461 e. The molecule has 0 radical (unpaired) electrons. The van der Waals surface area contributed by atoms with Crippen molar-refractivity contribution < 1.29 is 22.7 Å². The Bertz CT molecular complexity index is 976. The number of ketones is 1. The van der Waals surface area contributed by atoms with Crippen LogP contribution in [0.5, 0.6) is 0 Å². The molecule has 0 aromatic heterocycles. The van der Waals surface area contributed by atoms with Gasteiger partial charge >= 0.3 is 5.97 Å². The highest BCUT2D eigenvalue weighted by atomic mass is 32.2. The van der Waals surface area contributed by atoms with E-state index >= 15 is 0 Å². The number of Topliss-reactive ketones (excluding diaryl/α,β-unsaturated/α-hetero) is 1. The van der Waals surface area contributed by atoms with Crippen molar-refractivity contribution in [1.29, 1.82) is 5.26 Å². The molecule has 0 bridgehead atoms. The molecule has 140 valence electrons. The summed E-state index contributed by atoms with van der Waals surface area (Å²) >= 11 is 0. The van der Waals surface area contributed by atoms with Crippen LogP contribution in [0.2, 0.25) is 0 Å². The molecule has 0 aliphatic heterocycles. The lowest BCUT2D eigenvalue weighted by Gasteiger charge is -2.08. The van der Waals surface area contributed by atoms with Crippen molar-refractivity contribution in [3.63, 3.8) is 0 Å². The molecule has 27 heavy (non-hydrogen) atoms. The van der Waals surface area contributed by atoms with Crippen molar-refractivity contribution in [3.05, 3.63) is 65.2 Å². The van der Waals surface area contributed by atoms with Crippen LogP contribution in [-0.4, -0.2) is 26.7 Å². The molecule has 1 N–H and O–H groups in total. The Morgan fingerprint density at radius 3 is 2.41 bits per heavy atom. The molecule has 0 heterocycles. The number of nitriles is 1. The van der Waals surface area contributed by atoms with E-state index in [1.54, 1.807) is 24.3 Å². The number of sulfonamides is 1. The highest BCUT2D eigenvalue weighted by Gasteiger charge is 2.15. The molecule has 0 aliphatic carbocycles. The van der Waals surface area contributed by atoms with Crippen LogP contribution in [0.15, 0.2) is 53.4 Å². The molecule has 7 nitrogen and oxygen atoms in total. The average molecular weight is 386 g/mol. The van der Waals surface area contributed by atoms with Gasteiger partial charge < -0.3 is 4.74 Å². The molecular formula is C19H18N2O5S. The Balaban J connectivity index is 1.85. The zero-order chi connectivity index (χ0) is 19.9. The van der Waals surface area contributed by atoms with Crippen molar-refractivity contribution in [2.45, 2.75) is 24.8 Å². The van der Waals surface area contributed by atoms with E-state index in [9.17, 15) is 18.0 Å². The second-order valence-corrected chi connectivity index (χ2v) is 7.42. The molecule has 0 unspecified atom stereocenters. The first-order valence-corrected chi connectivity index (χ1v) is 9.56. The third-order valence-electron chi connectivity index (χ3n) is 3.72. The Kier molecular flexibility index (Phi) is 6.82. The van der Waals surface area contributed by atoms with Crippen LogP contribution < -0.4 is 4.72 Å². The van der Waals surface area contributed by atoms with E-state index in [0.717, 1.165) is 0 Å². The first-order chi connectivity index (χ1) is 12.8. The summed E-state index contributed by atoms with van der Waals surface area (Å²) in [5.41, 5.74) is 1.41. The van der Waals surface area contributed by atoms with E-state index in [4.69, 9.17) is 10.00 Å². The minimum atomic E-state index is -3.79. The van der Waals surface area contributed by atoms with Crippen LogP contribution in [0.25, 0.3) is 0 Å². The predicted octanol–water partition coefficient (Wildman–Crippen LogP) is 2.17. The highest BCUT2D eigenvalue weighted by molar-refractivity contribution is 7.89. The van der Waals surface area contributed by atoms with Gasteiger partial charge in [0.2, 0.25) is 10.0 Å². The zero-order valence-corrected chi connectivity index (χ0v) is 15.5. The van der Waals surface area contributed by atoms with Gasteiger partial charge in [0.05, 0.1) is 22.9 Å². The minimum absolute atomic E-state index is 0.00353. The van der Waals surface area contributed by atoms with Gasteiger partial charge in [0.25, 0.3) is 0 Å². The van der Waals surface area contributed by atoms with Crippen molar-refractivity contribution in [3.8, 4) is 6.07 Å². The average Bonchev–Trinajstić information content (AvgIpc) is 2.66. The zero-order valence-electron chi connectivity index (χ0n) is 14.6. The second-order valence-electron chi connectivity index (χ2n) is 5.66. The van der Waals surface area contributed by atoms with Crippen molar-refractivity contribution in [2.75, 3.05) is 6.54 Å². The highest BCUT2D eigenvalue weighted by Crippen LogP contribution is 2.11. The molecule has 0 saturated carbocycles. The minimum Gasteiger partial charge on any atom is -0.461 e. The smallest absolute Gasteiger partial charge is 0.307 e. The number of hydrogen-bond donors (Lipinski definition) is 1. The predicted molar refractivity (Wildman–Crippen MR) is 97.2 cm³/mol. The van der Waals surface area contributed by atoms with Gasteiger partial charge in [-0.2, -0.15) is 5.26 Å². The fourth-order valence-corrected chi connectivity index (χ4v) is 3.26. The first-order valence-electron chi connectivity index (χ1n) is 8.08. The summed E-state index contributed by atoms with van der Waals surface area (Å²) in [5.74, 6) is -0.745. The number of esters is 1. The summed E-state index contributed by atoms with van der Waals surface area (Å²) in [5, 5.41) is 8.98. The van der Waals surface area contributed by atoms with Crippen molar-refractivity contribution in [2.24, 2.45) is 0 Å². The van der Waals surface area contributed by atoms with Crippen LogP contribution in [0, 0.1) is 11.3 Å². The maximum atomic E-state index is 12.2. The number of nitrogens with one attached hydrogen (secondary N) is 1. The van der Waals surface area contributed by atoms with Gasteiger partial charge in [-0.05, 0) is 25.1 Å². The summed E-state index contributed by atoms with van der Waals surface area (Å²) in [6.45, 7) is 1.21. The van der Waals surface area contributed by atoms with Crippen molar-refractivity contribution >= 4 is 21.8 Å². The van der Waals surface area contributed by atoms with Crippen LogP contribution in [0.1, 0.15) is 34.8 Å². The second kappa shape index (κ2) is 9.07. The van der Waals surface area contributed by atoms with Gasteiger partial charge in [-0.3, -0.25) is 9.59 Å². The molecule has 0 fully saturated rings. The SMILES string of the molecule is CC(=O)c1ccc(S(=O)(=O)NCCC(=O)OCc2ccccc2C#N)cc1. The lowest BCUT2D eigenvalue weighted by Crippen LogP contribution is -2.26. The molecule has 0 aliphatic rings. The summed E-state index contributed by atoms with van der Waals surface area (Å²) in [6.07, 6.45) is -0.153. The van der Waals surface area contributed by atoms with E-state index < -0.39 is 16.0 Å². The summed E-state index contributed by atoms with van der Waals surface area (Å²) in [4.78, 5) is 23.0. The number of carbonyl (C=O) groups excluding carboxylic acids is 2. The van der Waals surface area contributed by atoms with E-state index in [1.165, 1.54) is 31.2 Å². The van der Waals surface area contributed by atoms with E-state index in [0.29, 0.717) is 16.7 Å². The number of benzene rings is 2. The topological polar surface area (TPSA) is 113 Å². The summed E-state index contributed by atoms with van der Waals surface area (Å²) in [6, 6.07) is 14.3. The van der Waals surface area contributed by atoms with Gasteiger partial charge in [-0.15, -0.1) is 0 Å². The molecule has 0 atom stereocenters. The Hall–Kier alpha value is -3.02. The number of nitrogens with zero attached hydrogens (tertiary/aromatic N) is 1. The first kappa shape index (κ1) is 20.3. The van der Waals surface area contributed by atoms with Crippen LogP contribution in [-0.2, 0) is 26.2 Å². The van der Waals surface area contributed by atoms with Gasteiger partial charge in [-0.25, -0.2) is 13.1 Å². The summed E-state index contributed by atoms with van der Waals surface area (Å²) < 4.78 is 31.7. The standard InChI is InChI=1S/C19H18N2O5S/c1-14(22)15-6-8-18(9-7-15)27(24,25)21-11-10-19(23)26-13-17-5-3-2-4-16(17)12-20/h2-9,21H,10-11,13H2,1H3. The fraction of sp³-hybridized carbons (Fsp3) is 0.211. The van der Waals surface area contributed by atoms with Crippen LogP contribution in [0.4, 0.5) is 0 Å². The monoisotopic (exact) mass is 386 g/mol. The van der Waals surface area contributed by atoms with E-state index in [-0.39, 0.29) is 30.3 Å². The number of rotatable bonds is 8. The van der Waals surface area contributed by atoms with E-state index in [1.807, 2.05) is 6.07 Å². The van der Waals surface area contributed by atoms with Gasteiger partial charge in [0.15, 0.2) is 5.78 Å². The summed E-state index contributed by atoms with van der Waals surface area (Å²) in [7, 11) is -3.79. The molecule has 8 heteroatoms. The molecule has 2 aromatic carbocycles. The lowest BCUT2D eigenvalue weighted by molar-refractivity contribution is -0.144. The maximum Gasteiger partial charge on any atom is 0.307 e. The third kappa shape index (κ3) is 5.74. The number of hydrogen-bond acceptors (Lipinski definition) is 6. The Morgan fingerprint density at radius 2 is 1.78 bits per heavy atom. The van der Waals surface area contributed by atoms with Crippen LogP contribution in [0.3, 0.4) is 0 Å². The van der Waals surface area contributed by atoms with E-state index in [2.05, 4.69) is 4.72 Å². The van der Waals surface area contributed by atoms with Gasteiger partial charge in [0.1, 0.15) is 6.61 Å².